The second-order valence-corrected chi connectivity index (χ2v) is 5.78. The minimum Gasteiger partial charge on any atom is -0.493 e. The summed E-state index contributed by atoms with van der Waals surface area (Å²) in [5.41, 5.74) is 0.668. The molecule has 1 fully saturated rings. The van der Waals surface area contributed by atoms with Crippen molar-refractivity contribution in [2.24, 2.45) is 0 Å². The molecule has 8 heteroatoms. The van der Waals surface area contributed by atoms with Crippen LogP contribution in [-0.2, 0) is 9.53 Å². The molecule has 1 heterocycles. The summed E-state index contributed by atoms with van der Waals surface area (Å²) in [6.45, 7) is 0.531. The Kier molecular flexibility index (Phi) is 6.10. The van der Waals surface area contributed by atoms with Crippen LogP contribution in [0.15, 0.2) is 17.0 Å². The molecule has 0 atom stereocenters. The first-order valence-electron chi connectivity index (χ1n) is 7.10. The van der Waals surface area contributed by atoms with E-state index in [1.165, 1.54) is 28.4 Å². The van der Waals surface area contributed by atoms with Gasteiger partial charge >= 0.3 is 0 Å². The topological polar surface area (TPSA) is 74.3 Å². The molecule has 0 spiro atoms. The normalized spacial score (nSPS) is 16.0. The minimum atomic E-state index is -0.337. The molecule has 0 radical (unpaired) electrons. The molecule has 7 nitrogen and oxygen atoms in total. The van der Waals surface area contributed by atoms with Gasteiger partial charge in [0.25, 0.3) is 11.1 Å². The van der Waals surface area contributed by atoms with E-state index in [2.05, 4.69) is 0 Å². The van der Waals surface area contributed by atoms with Crippen LogP contribution in [-0.4, -0.2) is 57.6 Å². The Morgan fingerprint density at radius 3 is 2.17 bits per heavy atom. The number of imide groups is 1. The molecule has 0 saturated carbocycles. The summed E-state index contributed by atoms with van der Waals surface area (Å²) in [4.78, 5) is 25.8. The van der Waals surface area contributed by atoms with Crippen LogP contribution in [0.4, 0.5) is 4.79 Å². The van der Waals surface area contributed by atoms with Gasteiger partial charge in [0.2, 0.25) is 5.75 Å². The van der Waals surface area contributed by atoms with Crippen LogP contribution in [0.2, 0.25) is 0 Å². The number of benzene rings is 1. The van der Waals surface area contributed by atoms with E-state index >= 15 is 0 Å². The molecule has 0 bridgehead atoms. The lowest BCUT2D eigenvalue weighted by molar-refractivity contribution is -0.123. The third-order valence-corrected chi connectivity index (χ3v) is 4.28. The first-order valence-corrected chi connectivity index (χ1v) is 7.91. The highest BCUT2D eigenvalue weighted by atomic mass is 32.2. The summed E-state index contributed by atoms with van der Waals surface area (Å²) in [6.07, 6.45) is 1.63. The number of carbonyl (C=O) groups is 2. The Morgan fingerprint density at radius 1 is 1.04 bits per heavy atom. The Morgan fingerprint density at radius 2 is 1.67 bits per heavy atom. The van der Waals surface area contributed by atoms with Crippen LogP contribution in [0.3, 0.4) is 0 Å². The van der Waals surface area contributed by atoms with E-state index in [1.54, 1.807) is 18.2 Å². The van der Waals surface area contributed by atoms with Crippen molar-refractivity contribution in [2.75, 3.05) is 41.6 Å². The molecule has 0 aromatic heterocycles. The molecule has 2 amide bonds. The SMILES string of the molecule is COCCN1C(=O)S/C(=C/c2cc(OC)c(OC)c(OC)c2)C1=O. The lowest BCUT2D eigenvalue weighted by Gasteiger charge is -2.13. The van der Waals surface area contributed by atoms with Crippen molar-refractivity contribution in [1.82, 2.24) is 4.90 Å². The van der Waals surface area contributed by atoms with Crippen molar-refractivity contribution < 1.29 is 28.5 Å². The summed E-state index contributed by atoms with van der Waals surface area (Å²) >= 11 is 0.894. The van der Waals surface area contributed by atoms with Gasteiger partial charge in [0.05, 0.1) is 39.4 Å². The number of nitrogens with zero attached hydrogens (tertiary/aromatic N) is 1. The quantitative estimate of drug-likeness (QED) is 0.697. The van der Waals surface area contributed by atoms with Crippen molar-refractivity contribution in [3.63, 3.8) is 0 Å². The zero-order chi connectivity index (χ0) is 17.7. The maximum Gasteiger partial charge on any atom is 0.293 e. The van der Waals surface area contributed by atoms with Gasteiger partial charge in [-0.15, -0.1) is 0 Å². The van der Waals surface area contributed by atoms with Gasteiger partial charge in [-0.1, -0.05) is 0 Å². The third kappa shape index (κ3) is 3.65. The molecule has 1 aliphatic heterocycles. The number of methoxy groups -OCH3 is 4. The predicted molar refractivity (Wildman–Crippen MR) is 90.7 cm³/mol. The molecule has 0 aliphatic carbocycles. The van der Waals surface area contributed by atoms with Crippen LogP contribution in [0.1, 0.15) is 5.56 Å². The molecule has 1 aromatic carbocycles. The smallest absolute Gasteiger partial charge is 0.293 e. The first-order chi connectivity index (χ1) is 11.5. The molecule has 1 aliphatic rings. The molecular weight excluding hydrogens is 334 g/mol. The number of carbonyl (C=O) groups excluding carboxylic acids is 2. The van der Waals surface area contributed by atoms with Gasteiger partial charge in [-0.05, 0) is 35.5 Å². The van der Waals surface area contributed by atoms with Crippen LogP contribution in [0.25, 0.3) is 6.08 Å². The van der Waals surface area contributed by atoms with Crippen LogP contribution in [0.5, 0.6) is 17.2 Å². The third-order valence-electron chi connectivity index (χ3n) is 3.38. The summed E-state index contributed by atoms with van der Waals surface area (Å²) in [6, 6.07) is 3.43. The fourth-order valence-corrected chi connectivity index (χ4v) is 3.08. The van der Waals surface area contributed by atoms with Gasteiger partial charge in [0.1, 0.15) is 0 Å². The van der Waals surface area contributed by atoms with E-state index in [0.717, 1.165) is 16.7 Å². The zero-order valence-electron chi connectivity index (χ0n) is 14.0. The first kappa shape index (κ1) is 18.2. The van der Waals surface area contributed by atoms with Gasteiger partial charge < -0.3 is 18.9 Å². The summed E-state index contributed by atoms with van der Waals surface area (Å²) in [7, 11) is 6.06. The van der Waals surface area contributed by atoms with Crippen molar-refractivity contribution in [1.29, 1.82) is 0 Å². The predicted octanol–water partition coefficient (Wildman–Crippen LogP) is 2.40. The van der Waals surface area contributed by atoms with Crippen molar-refractivity contribution in [3.8, 4) is 17.2 Å². The molecule has 1 aromatic rings. The molecule has 24 heavy (non-hydrogen) atoms. The average Bonchev–Trinajstić information content (AvgIpc) is 2.85. The van der Waals surface area contributed by atoms with Gasteiger partial charge in [0, 0.05) is 7.11 Å². The minimum absolute atomic E-state index is 0.230. The zero-order valence-corrected chi connectivity index (χ0v) is 14.8. The largest absolute Gasteiger partial charge is 0.493 e. The standard InChI is InChI=1S/C16H19NO6S/c1-20-6-5-17-15(18)13(24-16(17)19)9-10-7-11(21-2)14(23-4)12(8-10)22-3/h7-9H,5-6H2,1-4H3/b13-9+. The molecule has 1 saturated heterocycles. The summed E-state index contributed by atoms with van der Waals surface area (Å²) < 4.78 is 20.8. The Balaban J connectivity index is 2.34. The van der Waals surface area contributed by atoms with Gasteiger partial charge in [-0.25, -0.2) is 0 Å². The number of amides is 2. The van der Waals surface area contributed by atoms with Gasteiger partial charge in [-0.2, -0.15) is 0 Å². The lowest BCUT2D eigenvalue weighted by atomic mass is 10.1. The Hall–Kier alpha value is -2.19. The van der Waals surface area contributed by atoms with Crippen LogP contribution < -0.4 is 14.2 Å². The number of hydrogen-bond donors (Lipinski definition) is 0. The highest BCUT2D eigenvalue weighted by molar-refractivity contribution is 8.18. The molecule has 0 unspecified atom stereocenters. The second-order valence-electron chi connectivity index (χ2n) is 4.78. The Bertz CT molecular complexity index is 648. The number of ether oxygens (including phenoxy) is 4. The molecule has 130 valence electrons. The van der Waals surface area contributed by atoms with E-state index < -0.39 is 0 Å². The van der Waals surface area contributed by atoms with Gasteiger partial charge in [-0.3, -0.25) is 14.5 Å². The molecule has 0 N–H and O–H groups in total. The van der Waals surface area contributed by atoms with E-state index in [0.29, 0.717) is 34.3 Å². The van der Waals surface area contributed by atoms with Crippen molar-refractivity contribution >= 4 is 29.0 Å². The fourth-order valence-electron chi connectivity index (χ4n) is 2.21. The van der Waals surface area contributed by atoms with E-state index in [-0.39, 0.29) is 17.7 Å². The molecule has 2 rings (SSSR count). The Labute approximate surface area is 144 Å². The van der Waals surface area contributed by atoms with E-state index in [1.807, 2.05) is 0 Å². The number of rotatable bonds is 7. The summed E-state index contributed by atoms with van der Waals surface area (Å²) in [5.74, 6) is 1.07. The van der Waals surface area contributed by atoms with Crippen molar-refractivity contribution in [2.45, 2.75) is 0 Å². The maximum absolute atomic E-state index is 12.3. The lowest BCUT2D eigenvalue weighted by Crippen LogP contribution is -2.31. The highest BCUT2D eigenvalue weighted by Gasteiger charge is 2.34. The van der Waals surface area contributed by atoms with Crippen molar-refractivity contribution in [3.05, 3.63) is 22.6 Å². The van der Waals surface area contributed by atoms with Crippen LogP contribution >= 0.6 is 11.8 Å². The number of hydrogen-bond acceptors (Lipinski definition) is 7. The van der Waals surface area contributed by atoms with E-state index in [9.17, 15) is 9.59 Å². The van der Waals surface area contributed by atoms with Gasteiger partial charge in [0.15, 0.2) is 11.5 Å². The highest BCUT2D eigenvalue weighted by Crippen LogP contribution is 2.40. The fraction of sp³-hybridized carbons (Fsp3) is 0.375. The monoisotopic (exact) mass is 353 g/mol. The second kappa shape index (κ2) is 8.07. The van der Waals surface area contributed by atoms with Crippen LogP contribution in [0, 0.1) is 0 Å². The number of thioether (sulfide) groups is 1. The molecular formula is C16H19NO6S. The van der Waals surface area contributed by atoms with E-state index in [4.69, 9.17) is 18.9 Å². The summed E-state index contributed by atoms with van der Waals surface area (Å²) in [5, 5.41) is -0.309. The average molecular weight is 353 g/mol. The maximum atomic E-state index is 12.3.